The van der Waals surface area contributed by atoms with Crippen molar-refractivity contribution in [1.82, 2.24) is 0 Å². The van der Waals surface area contributed by atoms with Crippen molar-refractivity contribution in [3.63, 3.8) is 0 Å². The second kappa shape index (κ2) is 14.3. The summed E-state index contributed by atoms with van der Waals surface area (Å²) < 4.78 is 20.0. The molecular weight excluding hydrogens is 490 g/mol. The molecule has 4 aliphatic carbocycles. The number of aliphatic hydroxyl groups is 1. The topological polar surface area (TPSA) is 126 Å². The van der Waals surface area contributed by atoms with Gasteiger partial charge in [0.25, 0.3) is 0 Å². The summed E-state index contributed by atoms with van der Waals surface area (Å²) in [6.07, 6.45) is 12.8. The fraction of sp³-hybridized carbons (Fsp3) is 1.00. The van der Waals surface area contributed by atoms with Gasteiger partial charge in [-0.2, -0.15) is 0 Å². The Morgan fingerprint density at radius 1 is 0.821 bits per heavy atom. The minimum Gasteiger partial charge on any atom is -0.396 e. The third-order valence-corrected chi connectivity index (χ3v) is 12.1. The first-order valence-corrected chi connectivity index (χ1v) is 16.4. The number of ether oxygens (including phenoxy) is 3. The molecule has 0 radical (unpaired) electrons. The number of rotatable bonds is 15. The van der Waals surface area contributed by atoms with Crippen LogP contribution in [0.15, 0.2) is 0 Å². The van der Waals surface area contributed by atoms with Crippen LogP contribution in [0.4, 0.5) is 0 Å². The molecule has 4 saturated carbocycles. The average Bonchev–Trinajstić information content (AvgIpc) is 3.28. The van der Waals surface area contributed by atoms with E-state index in [1.165, 1.54) is 19.3 Å². The molecular formula is C32H61N3O4. The van der Waals surface area contributed by atoms with Crippen LogP contribution in [0.2, 0.25) is 0 Å². The quantitative estimate of drug-likeness (QED) is 0.226. The first-order valence-electron chi connectivity index (χ1n) is 16.4. The number of hydrogen-bond acceptors (Lipinski definition) is 7. The van der Waals surface area contributed by atoms with Crippen LogP contribution in [0, 0.1) is 46.3 Å². The van der Waals surface area contributed by atoms with E-state index in [9.17, 15) is 5.11 Å². The zero-order valence-corrected chi connectivity index (χ0v) is 25.3. The van der Waals surface area contributed by atoms with Crippen molar-refractivity contribution in [2.24, 2.45) is 63.5 Å². The van der Waals surface area contributed by atoms with Crippen LogP contribution in [0.1, 0.15) is 91.4 Å². The summed E-state index contributed by atoms with van der Waals surface area (Å²) >= 11 is 0. The van der Waals surface area contributed by atoms with Gasteiger partial charge in [-0.05, 0) is 131 Å². The largest absolute Gasteiger partial charge is 0.396 e. The number of hydrogen-bond donors (Lipinski definition) is 4. The first kappa shape index (κ1) is 31.7. The van der Waals surface area contributed by atoms with Crippen LogP contribution in [0.25, 0.3) is 0 Å². The second-order valence-electron chi connectivity index (χ2n) is 14.0. The second-order valence-corrected chi connectivity index (χ2v) is 14.0. The van der Waals surface area contributed by atoms with Crippen LogP contribution in [-0.4, -0.2) is 69.5 Å². The van der Waals surface area contributed by atoms with Gasteiger partial charge in [0.05, 0.1) is 18.3 Å². The van der Waals surface area contributed by atoms with Crippen LogP contribution in [0.5, 0.6) is 0 Å². The molecule has 0 aliphatic heterocycles. The summed E-state index contributed by atoms with van der Waals surface area (Å²) in [6.45, 7) is 12.1. The van der Waals surface area contributed by atoms with Gasteiger partial charge in [-0.15, -0.1) is 0 Å². The summed E-state index contributed by atoms with van der Waals surface area (Å²) in [7, 11) is 0. The van der Waals surface area contributed by atoms with E-state index in [4.69, 9.17) is 31.4 Å². The Morgan fingerprint density at radius 3 is 2.15 bits per heavy atom. The Balaban J connectivity index is 1.64. The van der Waals surface area contributed by atoms with E-state index in [0.717, 1.165) is 71.2 Å². The van der Waals surface area contributed by atoms with Crippen molar-refractivity contribution in [1.29, 1.82) is 0 Å². The summed E-state index contributed by atoms with van der Waals surface area (Å²) in [5.41, 5.74) is 17.9. The van der Waals surface area contributed by atoms with Gasteiger partial charge in [-0.1, -0.05) is 20.8 Å². The van der Waals surface area contributed by atoms with Gasteiger partial charge < -0.3 is 36.5 Å². The fourth-order valence-corrected chi connectivity index (χ4v) is 10.0. The normalized spacial score (nSPS) is 42.5. The molecule has 4 aliphatic rings. The van der Waals surface area contributed by atoms with Crippen LogP contribution in [0.3, 0.4) is 0 Å². The summed E-state index contributed by atoms with van der Waals surface area (Å²) in [6, 6.07) is 0. The molecule has 0 amide bonds. The van der Waals surface area contributed by atoms with E-state index in [-0.39, 0.29) is 29.6 Å². The fourth-order valence-electron chi connectivity index (χ4n) is 10.0. The summed E-state index contributed by atoms with van der Waals surface area (Å²) in [4.78, 5) is 0. The first-order chi connectivity index (χ1) is 18.8. The van der Waals surface area contributed by atoms with E-state index < -0.39 is 0 Å². The molecule has 4 fully saturated rings. The predicted octanol–water partition coefficient (Wildman–Crippen LogP) is 4.09. The Hall–Kier alpha value is -0.280. The van der Waals surface area contributed by atoms with Gasteiger partial charge in [-0.25, -0.2) is 0 Å². The highest BCUT2D eigenvalue weighted by atomic mass is 16.5. The maximum Gasteiger partial charge on any atom is 0.0637 e. The number of aliphatic hydroxyl groups excluding tert-OH is 1. The summed E-state index contributed by atoms with van der Waals surface area (Å²) in [5.74, 6) is 3.41. The van der Waals surface area contributed by atoms with Gasteiger partial charge in [0.1, 0.15) is 0 Å². The highest BCUT2D eigenvalue weighted by Crippen LogP contribution is 2.69. The van der Waals surface area contributed by atoms with E-state index >= 15 is 0 Å². The lowest BCUT2D eigenvalue weighted by Crippen LogP contribution is -2.63. The molecule has 7 heteroatoms. The third kappa shape index (κ3) is 6.40. The lowest BCUT2D eigenvalue weighted by Gasteiger charge is -2.65. The van der Waals surface area contributed by atoms with Gasteiger partial charge in [-0.3, -0.25) is 0 Å². The standard InChI is InChI=1S/C32H61N3O4/c1-22(10-15-36)25-7-8-26-30-27(21-29(32(25,26)3)39-18-6-14-35)31(2)11-9-24(37-16-4-12-33)19-23(31)20-28(30)38-17-5-13-34/h22-30,36H,4-21,33-35H2,1-3H3/t22-,23+,24?,25-,26+,27+,28-,29+,30+,31+,32-/m1/s1. The smallest absolute Gasteiger partial charge is 0.0637 e. The van der Waals surface area contributed by atoms with E-state index in [1.807, 2.05) is 0 Å². The van der Waals surface area contributed by atoms with Crippen molar-refractivity contribution >= 4 is 0 Å². The van der Waals surface area contributed by atoms with Crippen LogP contribution >= 0.6 is 0 Å². The molecule has 11 atom stereocenters. The maximum atomic E-state index is 9.83. The van der Waals surface area contributed by atoms with E-state index in [2.05, 4.69) is 20.8 Å². The van der Waals surface area contributed by atoms with E-state index in [0.29, 0.717) is 61.2 Å². The third-order valence-electron chi connectivity index (χ3n) is 12.1. The zero-order chi connectivity index (χ0) is 28.0. The van der Waals surface area contributed by atoms with Crippen LogP contribution in [-0.2, 0) is 14.2 Å². The molecule has 7 N–H and O–H groups in total. The SMILES string of the molecule is C[C@H](CCO)[C@H]1CC[C@H]2[C@@H]3[C@H](OCCCN)C[C@@H]4CC(OCCCN)CC[C@]4(C)[C@H]3C[C@H](OCCCN)[C@]12C. The monoisotopic (exact) mass is 551 g/mol. The van der Waals surface area contributed by atoms with Crippen molar-refractivity contribution in [2.45, 2.75) is 110 Å². The van der Waals surface area contributed by atoms with Crippen molar-refractivity contribution < 1.29 is 19.3 Å². The van der Waals surface area contributed by atoms with E-state index in [1.54, 1.807) is 0 Å². The molecule has 0 aromatic heterocycles. The molecule has 39 heavy (non-hydrogen) atoms. The highest BCUT2D eigenvalue weighted by Gasteiger charge is 2.66. The molecule has 1 unspecified atom stereocenters. The maximum absolute atomic E-state index is 9.83. The molecule has 0 saturated heterocycles. The van der Waals surface area contributed by atoms with Crippen LogP contribution < -0.4 is 17.2 Å². The van der Waals surface area contributed by atoms with Crippen molar-refractivity contribution in [3.05, 3.63) is 0 Å². The van der Waals surface area contributed by atoms with Crippen molar-refractivity contribution in [3.8, 4) is 0 Å². The molecule has 0 spiro atoms. The Morgan fingerprint density at radius 2 is 1.49 bits per heavy atom. The molecule has 0 bridgehead atoms. The Bertz CT molecular complexity index is 742. The molecule has 0 aromatic carbocycles. The molecule has 7 nitrogen and oxygen atoms in total. The lowest BCUT2D eigenvalue weighted by atomic mass is 9.43. The predicted molar refractivity (Wildman–Crippen MR) is 157 cm³/mol. The van der Waals surface area contributed by atoms with Crippen molar-refractivity contribution in [2.75, 3.05) is 46.1 Å². The Labute approximate surface area is 238 Å². The molecule has 4 rings (SSSR count). The Kier molecular flexibility index (Phi) is 11.6. The molecule has 0 heterocycles. The lowest BCUT2D eigenvalue weighted by molar-refractivity contribution is -0.227. The summed E-state index contributed by atoms with van der Waals surface area (Å²) in [5, 5.41) is 9.83. The van der Waals surface area contributed by atoms with Gasteiger partial charge in [0.2, 0.25) is 0 Å². The zero-order valence-electron chi connectivity index (χ0n) is 25.3. The highest BCUT2D eigenvalue weighted by molar-refractivity contribution is 5.15. The molecule has 228 valence electrons. The minimum absolute atomic E-state index is 0.103. The molecule has 0 aromatic rings. The van der Waals surface area contributed by atoms with Gasteiger partial charge >= 0.3 is 0 Å². The number of nitrogens with two attached hydrogens (primary N) is 3. The number of fused-ring (bicyclic) bond motifs is 5. The van der Waals surface area contributed by atoms with Gasteiger partial charge in [0.15, 0.2) is 0 Å². The minimum atomic E-state index is 0.103. The van der Waals surface area contributed by atoms with Gasteiger partial charge in [0, 0.05) is 31.8 Å². The average molecular weight is 552 g/mol.